The van der Waals surface area contributed by atoms with Crippen molar-refractivity contribution in [1.29, 1.82) is 5.26 Å². The zero-order chi connectivity index (χ0) is 13.2. The Morgan fingerprint density at radius 3 is 2.84 bits per heavy atom. The van der Waals surface area contributed by atoms with Crippen molar-refractivity contribution in [2.75, 3.05) is 6.79 Å². The second kappa shape index (κ2) is 4.50. The van der Waals surface area contributed by atoms with Gasteiger partial charge in [0, 0.05) is 6.07 Å². The van der Waals surface area contributed by atoms with Gasteiger partial charge >= 0.3 is 0 Å². The fraction of sp³-hybridized carbons (Fsp3) is 0.0714. The maximum absolute atomic E-state index is 13.4. The fourth-order valence-corrected chi connectivity index (χ4v) is 1.77. The molecule has 19 heavy (non-hydrogen) atoms. The Balaban J connectivity index is 1.94. The van der Waals surface area contributed by atoms with Gasteiger partial charge < -0.3 is 14.2 Å². The van der Waals surface area contributed by atoms with Crippen LogP contribution in [0.4, 0.5) is 4.39 Å². The molecule has 0 amide bonds. The van der Waals surface area contributed by atoms with Crippen LogP contribution in [0.5, 0.6) is 23.0 Å². The molecule has 0 aromatic heterocycles. The molecule has 94 valence electrons. The number of ether oxygens (including phenoxy) is 3. The summed E-state index contributed by atoms with van der Waals surface area (Å²) in [6.45, 7) is 0.169. The molecule has 0 aliphatic carbocycles. The zero-order valence-corrected chi connectivity index (χ0v) is 9.72. The fourth-order valence-electron chi connectivity index (χ4n) is 1.77. The minimum atomic E-state index is -0.610. The highest BCUT2D eigenvalue weighted by Gasteiger charge is 2.15. The van der Waals surface area contributed by atoms with E-state index in [1.54, 1.807) is 24.3 Å². The molecule has 2 aromatic rings. The summed E-state index contributed by atoms with van der Waals surface area (Å²) >= 11 is 0. The third-order valence-electron chi connectivity index (χ3n) is 2.66. The lowest BCUT2D eigenvalue weighted by Gasteiger charge is -2.08. The van der Waals surface area contributed by atoms with E-state index in [4.69, 9.17) is 19.5 Å². The van der Waals surface area contributed by atoms with E-state index in [9.17, 15) is 4.39 Å². The summed E-state index contributed by atoms with van der Waals surface area (Å²) in [7, 11) is 0. The minimum Gasteiger partial charge on any atom is -0.456 e. The first-order valence-electron chi connectivity index (χ1n) is 5.54. The first-order valence-corrected chi connectivity index (χ1v) is 5.54. The molecule has 0 radical (unpaired) electrons. The normalized spacial score (nSPS) is 12.0. The molecule has 0 unspecified atom stereocenters. The molecule has 3 rings (SSSR count). The summed E-state index contributed by atoms with van der Waals surface area (Å²) in [5.41, 5.74) is -0.125. The van der Waals surface area contributed by atoms with Gasteiger partial charge in [-0.15, -0.1) is 0 Å². The highest BCUT2D eigenvalue weighted by molar-refractivity contribution is 5.50. The van der Waals surface area contributed by atoms with Crippen molar-refractivity contribution in [2.45, 2.75) is 0 Å². The number of nitriles is 1. The van der Waals surface area contributed by atoms with Crippen LogP contribution < -0.4 is 14.2 Å². The van der Waals surface area contributed by atoms with Crippen LogP contribution in [0.3, 0.4) is 0 Å². The molecule has 0 fully saturated rings. The molecule has 1 aliphatic heterocycles. The van der Waals surface area contributed by atoms with Crippen LogP contribution in [0.15, 0.2) is 36.4 Å². The number of benzene rings is 2. The van der Waals surface area contributed by atoms with Crippen LogP contribution in [-0.2, 0) is 0 Å². The van der Waals surface area contributed by atoms with Gasteiger partial charge in [0.25, 0.3) is 0 Å². The Morgan fingerprint density at radius 1 is 1.16 bits per heavy atom. The average Bonchev–Trinajstić information content (AvgIpc) is 2.86. The molecule has 0 atom stereocenters. The van der Waals surface area contributed by atoms with E-state index >= 15 is 0 Å². The largest absolute Gasteiger partial charge is 0.456 e. The third-order valence-corrected chi connectivity index (χ3v) is 2.66. The maximum Gasteiger partial charge on any atom is 0.231 e. The lowest BCUT2D eigenvalue weighted by molar-refractivity contribution is 0.174. The number of rotatable bonds is 2. The summed E-state index contributed by atoms with van der Waals surface area (Å²) < 4.78 is 29.3. The first-order chi connectivity index (χ1) is 9.28. The molecule has 0 N–H and O–H groups in total. The van der Waals surface area contributed by atoms with E-state index in [1.807, 2.05) is 0 Å². The van der Waals surface area contributed by atoms with E-state index < -0.39 is 5.82 Å². The van der Waals surface area contributed by atoms with Crippen molar-refractivity contribution in [3.63, 3.8) is 0 Å². The summed E-state index contributed by atoms with van der Waals surface area (Å²) in [5, 5.41) is 8.92. The Bertz CT molecular complexity index is 679. The van der Waals surface area contributed by atoms with Gasteiger partial charge in [-0.05, 0) is 24.3 Å². The second-order valence-corrected chi connectivity index (χ2v) is 3.84. The third kappa shape index (κ3) is 2.04. The van der Waals surface area contributed by atoms with Gasteiger partial charge in [-0.1, -0.05) is 6.07 Å². The van der Waals surface area contributed by atoms with Gasteiger partial charge in [0.05, 0.1) is 0 Å². The van der Waals surface area contributed by atoms with Crippen LogP contribution in [0, 0.1) is 17.1 Å². The molecule has 2 aromatic carbocycles. The van der Waals surface area contributed by atoms with Crippen LogP contribution in [0.25, 0.3) is 0 Å². The van der Waals surface area contributed by atoms with Crippen LogP contribution >= 0.6 is 0 Å². The molecular weight excluding hydrogens is 249 g/mol. The number of hydrogen-bond donors (Lipinski definition) is 0. The predicted octanol–water partition coefficient (Wildman–Crippen LogP) is 3.22. The molecule has 0 saturated carbocycles. The Labute approximate surface area is 108 Å². The molecule has 1 aliphatic rings. The average molecular weight is 257 g/mol. The minimum absolute atomic E-state index is 0.125. The number of hydrogen-bond acceptors (Lipinski definition) is 4. The van der Waals surface area contributed by atoms with Crippen LogP contribution in [0.2, 0.25) is 0 Å². The van der Waals surface area contributed by atoms with Crippen LogP contribution in [-0.4, -0.2) is 6.79 Å². The lowest BCUT2D eigenvalue weighted by Crippen LogP contribution is -1.93. The number of nitrogens with zero attached hydrogens (tertiary/aromatic N) is 1. The summed E-state index contributed by atoms with van der Waals surface area (Å²) in [6, 6.07) is 11.0. The quantitative estimate of drug-likeness (QED) is 0.828. The number of fused-ring (bicyclic) bond motifs is 1. The molecule has 5 heteroatoms. The highest BCUT2D eigenvalue weighted by atomic mass is 19.1. The molecule has 4 nitrogen and oxygen atoms in total. The first kappa shape index (κ1) is 11.4. The van der Waals surface area contributed by atoms with E-state index in [0.717, 1.165) is 0 Å². The second-order valence-electron chi connectivity index (χ2n) is 3.84. The Hall–Kier alpha value is -2.74. The lowest BCUT2D eigenvalue weighted by atomic mass is 10.2. The van der Waals surface area contributed by atoms with Crippen molar-refractivity contribution in [2.24, 2.45) is 0 Å². The summed E-state index contributed by atoms with van der Waals surface area (Å²) in [5.74, 6) is 1.20. The van der Waals surface area contributed by atoms with Crippen LogP contribution in [0.1, 0.15) is 5.56 Å². The number of halogens is 1. The summed E-state index contributed by atoms with van der Waals surface area (Å²) in [4.78, 5) is 0. The Kier molecular flexibility index (Phi) is 2.69. The van der Waals surface area contributed by atoms with Gasteiger partial charge in [0.2, 0.25) is 6.79 Å². The standard InChI is InChI=1S/C14H8FNO3/c15-11-2-1-3-12(10(11)7-16)19-9-4-5-13-14(6-9)18-8-17-13/h1-6H,8H2. The molecule has 1 heterocycles. The maximum atomic E-state index is 13.4. The Morgan fingerprint density at radius 2 is 2.00 bits per heavy atom. The zero-order valence-electron chi connectivity index (χ0n) is 9.72. The van der Waals surface area contributed by atoms with E-state index in [0.29, 0.717) is 17.2 Å². The topological polar surface area (TPSA) is 51.5 Å². The molecule has 0 saturated heterocycles. The molecule has 0 spiro atoms. The van der Waals surface area contributed by atoms with Gasteiger partial charge in [-0.2, -0.15) is 5.26 Å². The monoisotopic (exact) mass is 257 g/mol. The van der Waals surface area contributed by atoms with E-state index in [1.165, 1.54) is 18.2 Å². The highest BCUT2D eigenvalue weighted by Crippen LogP contribution is 2.37. The van der Waals surface area contributed by atoms with Gasteiger partial charge in [0.1, 0.15) is 28.9 Å². The van der Waals surface area contributed by atoms with Gasteiger partial charge in [0.15, 0.2) is 11.5 Å². The summed E-state index contributed by atoms with van der Waals surface area (Å²) in [6.07, 6.45) is 0. The van der Waals surface area contributed by atoms with Crippen molar-refractivity contribution in [1.82, 2.24) is 0 Å². The smallest absolute Gasteiger partial charge is 0.231 e. The van der Waals surface area contributed by atoms with Gasteiger partial charge in [-0.3, -0.25) is 0 Å². The van der Waals surface area contributed by atoms with E-state index in [-0.39, 0.29) is 18.1 Å². The molecule has 0 bridgehead atoms. The van der Waals surface area contributed by atoms with E-state index in [2.05, 4.69) is 0 Å². The predicted molar refractivity (Wildman–Crippen MR) is 63.8 cm³/mol. The SMILES string of the molecule is N#Cc1c(F)cccc1Oc1ccc2c(c1)OCO2. The van der Waals surface area contributed by atoms with Crippen molar-refractivity contribution >= 4 is 0 Å². The van der Waals surface area contributed by atoms with Crippen molar-refractivity contribution < 1.29 is 18.6 Å². The van der Waals surface area contributed by atoms with Crippen molar-refractivity contribution in [3.8, 4) is 29.1 Å². The van der Waals surface area contributed by atoms with Gasteiger partial charge in [-0.25, -0.2) is 4.39 Å². The van der Waals surface area contributed by atoms with Crippen molar-refractivity contribution in [3.05, 3.63) is 47.8 Å². The molecular formula is C14H8FNO3.